The van der Waals surface area contributed by atoms with Crippen molar-refractivity contribution < 1.29 is 19.4 Å². The molecule has 6 atom stereocenters. The zero-order valence-electron chi connectivity index (χ0n) is 16.6. The molecule has 0 amide bonds. The minimum Gasteiger partial charge on any atom is -0.454 e. The van der Waals surface area contributed by atoms with Crippen molar-refractivity contribution in [2.24, 2.45) is 17.8 Å². The van der Waals surface area contributed by atoms with Crippen LogP contribution in [0.1, 0.15) is 59.0 Å². The molecule has 8 heteroatoms. The number of rotatable bonds is 4. The number of fused-ring (bicyclic) bond motifs is 12. The summed E-state index contributed by atoms with van der Waals surface area (Å²) in [5, 5.41) is 22.5. The van der Waals surface area contributed by atoms with Gasteiger partial charge in [0.15, 0.2) is 0 Å². The summed E-state index contributed by atoms with van der Waals surface area (Å²) in [5.74, 6) is 0.817. The zero-order chi connectivity index (χ0) is 21.5. The lowest BCUT2D eigenvalue weighted by Gasteiger charge is -2.46. The third kappa shape index (κ3) is 2.33. The van der Waals surface area contributed by atoms with Gasteiger partial charge in [-0.15, -0.1) is 0 Å². The van der Waals surface area contributed by atoms with E-state index >= 15 is 0 Å². The molecule has 0 aliphatic heterocycles. The molecule has 0 saturated heterocycles. The summed E-state index contributed by atoms with van der Waals surface area (Å²) < 4.78 is 6.32. The van der Waals surface area contributed by atoms with E-state index < -0.39 is 32.8 Å². The predicted octanol–water partition coefficient (Wildman–Crippen LogP) is 4.73. The zero-order valence-corrected chi connectivity index (χ0v) is 16.6. The molecule has 0 aromatic heterocycles. The number of carbonyl (C=O) groups is 1. The Hall–Kier alpha value is -3.29. The third-order valence-electron chi connectivity index (χ3n) is 8.21. The lowest BCUT2D eigenvalue weighted by molar-refractivity contribution is -0.394. The van der Waals surface area contributed by atoms with E-state index in [1.807, 2.05) is 6.07 Å². The van der Waals surface area contributed by atoms with Crippen LogP contribution < -0.4 is 0 Å². The molecule has 0 unspecified atom stereocenters. The predicted molar refractivity (Wildman–Crippen MR) is 109 cm³/mol. The van der Waals surface area contributed by atoms with Crippen molar-refractivity contribution in [3.05, 3.63) is 79.4 Å². The Balaban J connectivity index is 1.42. The number of ether oxygens (including phenoxy) is 1. The van der Waals surface area contributed by atoms with Gasteiger partial charge in [0, 0.05) is 29.9 Å². The average molecular weight is 420 g/mol. The normalized spacial score (nSPS) is 33.7. The summed E-state index contributed by atoms with van der Waals surface area (Å²) in [5.41, 5.74) is 0.894. The molecule has 0 N–H and O–H groups in total. The first kappa shape index (κ1) is 18.5. The van der Waals surface area contributed by atoms with Gasteiger partial charge in [0.05, 0.1) is 21.5 Å². The Morgan fingerprint density at radius 1 is 0.968 bits per heavy atom. The fourth-order valence-electron chi connectivity index (χ4n) is 7.36. The van der Waals surface area contributed by atoms with Gasteiger partial charge in [0.1, 0.15) is 5.60 Å². The molecular formula is C23H20N2O6. The first-order valence-corrected chi connectivity index (χ1v) is 10.7. The number of nitro benzene ring substituents is 2. The number of non-ortho nitro benzene ring substituents is 2. The standard InChI is InChI=1S/C23H20N2O6/c26-22(13-8-15(24(27)28)10-16(9-13)25(29)30)31-23-14-6-5-12(7-14)21(23)19-11-20(23)18-4-2-1-3-17(18)19/h1-4,8-10,12,14,19-21H,5-7,11H2/t12-,14-,19-,20-,21-,23+/m0/s1. The molecule has 3 fully saturated rings. The van der Waals surface area contributed by atoms with Gasteiger partial charge in [-0.2, -0.15) is 0 Å². The highest BCUT2D eigenvalue weighted by atomic mass is 16.6. The van der Waals surface area contributed by atoms with Crippen molar-refractivity contribution in [2.45, 2.75) is 43.1 Å². The van der Waals surface area contributed by atoms with Gasteiger partial charge in [-0.3, -0.25) is 20.2 Å². The molecule has 31 heavy (non-hydrogen) atoms. The van der Waals surface area contributed by atoms with Crippen molar-refractivity contribution >= 4 is 17.3 Å². The van der Waals surface area contributed by atoms with E-state index in [2.05, 4.69) is 18.2 Å². The second-order valence-electron chi connectivity index (χ2n) is 9.31. The monoisotopic (exact) mass is 420 g/mol. The van der Waals surface area contributed by atoms with Crippen molar-refractivity contribution in [1.82, 2.24) is 0 Å². The molecule has 6 rings (SSSR count). The summed E-state index contributed by atoms with van der Waals surface area (Å²) in [4.78, 5) is 34.3. The Kier molecular flexibility index (Phi) is 3.65. The minimum absolute atomic E-state index is 0.117. The maximum Gasteiger partial charge on any atom is 0.339 e. The first-order chi connectivity index (χ1) is 14.9. The van der Waals surface area contributed by atoms with Crippen LogP contribution in [-0.4, -0.2) is 21.4 Å². The van der Waals surface area contributed by atoms with Gasteiger partial charge >= 0.3 is 5.97 Å². The molecule has 0 heterocycles. The van der Waals surface area contributed by atoms with Gasteiger partial charge in [-0.05, 0) is 48.6 Å². The number of esters is 1. The lowest BCUT2D eigenvalue weighted by Crippen LogP contribution is -2.50. The van der Waals surface area contributed by atoms with E-state index in [-0.39, 0.29) is 23.3 Å². The average Bonchev–Trinajstić information content (AvgIpc) is 3.51. The Labute approximate surface area is 177 Å². The van der Waals surface area contributed by atoms with Crippen LogP contribution in [0.25, 0.3) is 0 Å². The third-order valence-corrected chi connectivity index (χ3v) is 8.21. The van der Waals surface area contributed by atoms with Crippen LogP contribution in [0.15, 0.2) is 42.5 Å². The topological polar surface area (TPSA) is 113 Å². The van der Waals surface area contributed by atoms with Crippen molar-refractivity contribution in [3.8, 4) is 0 Å². The second-order valence-corrected chi connectivity index (χ2v) is 9.31. The molecule has 0 spiro atoms. The van der Waals surface area contributed by atoms with Gasteiger partial charge in [-0.25, -0.2) is 4.79 Å². The summed E-state index contributed by atoms with van der Waals surface area (Å²) in [6.07, 6.45) is 4.14. The van der Waals surface area contributed by atoms with E-state index in [4.69, 9.17) is 4.74 Å². The molecule has 4 aliphatic rings. The molecule has 158 valence electrons. The van der Waals surface area contributed by atoms with Crippen molar-refractivity contribution in [3.63, 3.8) is 0 Å². The van der Waals surface area contributed by atoms with E-state index in [1.54, 1.807) is 0 Å². The fourth-order valence-corrected chi connectivity index (χ4v) is 7.36. The van der Waals surface area contributed by atoms with Crippen LogP contribution in [-0.2, 0) is 4.74 Å². The number of nitro groups is 2. The quantitative estimate of drug-likeness (QED) is 0.306. The molecule has 8 nitrogen and oxygen atoms in total. The SMILES string of the molecule is O=C(O[C@@]12[C@H]3CC[C@@H](C3)[C@H]1[C@H]1C[C@H]2c2ccccc21)c1cc([N+](=O)[O-])cc([N+](=O)[O-])c1. The number of carbonyl (C=O) groups excluding carboxylic acids is 1. The van der Waals surface area contributed by atoms with Crippen LogP contribution in [0, 0.1) is 38.0 Å². The number of nitrogens with zero attached hydrogens (tertiary/aromatic N) is 2. The Morgan fingerprint density at radius 2 is 1.65 bits per heavy atom. The molecule has 2 aromatic carbocycles. The highest BCUT2D eigenvalue weighted by Crippen LogP contribution is 2.74. The van der Waals surface area contributed by atoms with E-state index in [0.717, 1.165) is 43.9 Å². The van der Waals surface area contributed by atoms with Crippen LogP contribution in [0.2, 0.25) is 0 Å². The number of hydrogen-bond acceptors (Lipinski definition) is 6. The second kappa shape index (κ2) is 6.12. The maximum absolute atomic E-state index is 13.3. The van der Waals surface area contributed by atoms with Crippen LogP contribution in [0.5, 0.6) is 0 Å². The van der Waals surface area contributed by atoms with Gasteiger partial charge in [0.2, 0.25) is 0 Å². The fraction of sp³-hybridized carbons (Fsp3) is 0.435. The van der Waals surface area contributed by atoms with Crippen LogP contribution in [0.4, 0.5) is 11.4 Å². The van der Waals surface area contributed by atoms with E-state index in [1.165, 1.54) is 11.1 Å². The van der Waals surface area contributed by atoms with E-state index in [0.29, 0.717) is 11.8 Å². The highest BCUT2D eigenvalue weighted by Gasteiger charge is 2.72. The molecular weight excluding hydrogens is 400 g/mol. The first-order valence-electron chi connectivity index (χ1n) is 10.7. The molecule has 0 radical (unpaired) electrons. The molecule has 4 aliphatic carbocycles. The molecule has 4 bridgehead atoms. The number of benzene rings is 2. The van der Waals surface area contributed by atoms with Crippen LogP contribution in [0.3, 0.4) is 0 Å². The highest BCUT2D eigenvalue weighted by molar-refractivity contribution is 5.91. The minimum atomic E-state index is -0.726. The van der Waals surface area contributed by atoms with Crippen LogP contribution >= 0.6 is 0 Å². The van der Waals surface area contributed by atoms with E-state index in [9.17, 15) is 25.0 Å². The Morgan fingerprint density at radius 3 is 2.32 bits per heavy atom. The smallest absolute Gasteiger partial charge is 0.339 e. The lowest BCUT2D eigenvalue weighted by atomic mass is 9.65. The molecule has 3 saturated carbocycles. The number of hydrogen-bond donors (Lipinski definition) is 0. The largest absolute Gasteiger partial charge is 0.454 e. The van der Waals surface area contributed by atoms with Crippen molar-refractivity contribution in [2.75, 3.05) is 0 Å². The van der Waals surface area contributed by atoms with Crippen molar-refractivity contribution in [1.29, 1.82) is 0 Å². The summed E-state index contributed by atoms with van der Waals surface area (Å²) in [7, 11) is 0. The van der Waals surface area contributed by atoms with Gasteiger partial charge < -0.3 is 4.74 Å². The maximum atomic E-state index is 13.3. The molecule has 2 aromatic rings. The Bertz CT molecular complexity index is 1130. The van der Waals surface area contributed by atoms with Gasteiger partial charge in [-0.1, -0.05) is 24.3 Å². The summed E-state index contributed by atoms with van der Waals surface area (Å²) in [6, 6.07) is 11.4. The summed E-state index contributed by atoms with van der Waals surface area (Å²) in [6.45, 7) is 0. The summed E-state index contributed by atoms with van der Waals surface area (Å²) >= 11 is 0. The van der Waals surface area contributed by atoms with Gasteiger partial charge in [0.25, 0.3) is 11.4 Å².